The number of hydrogen-bond donors (Lipinski definition) is 0. The molecule has 0 N–H and O–H groups in total. The summed E-state index contributed by atoms with van der Waals surface area (Å²) in [7, 11) is 0. The van der Waals surface area contributed by atoms with Gasteiger partial charge < -0.3 is 9.80 Å². The third kappa shape index (κ3) is 3.42. The summed E-state index contributed by atoms with van der Waals surface area (Å²) in [5.41, 5.74) is 1.79. The topological polar surface area (TPSA) is 53.5 Å². The van der Waals surface area contributed by atoms with Crippen molar-refractivity contribution in [1.82, 2.24) is 14.8 Å². The van der Waals surface area contributed by atoms with Crippen LogP contribution in [0.1, 0.15) is 55.1 Å². The third-order valence-corrected chi connectivity index (χ3v) is 6.13. The number of piperidine rings is 1. The summed E-state index contributed by atoms with van der Waals surface area (Å²) in [6.45, 7) is 5.41. The SMILES string of the molecule is CCc1ccc(C(=O)N2CCC3(CC2)CC(=O)N(CC2CC2)C3)cn1. The highest BCUT2D eigenvalue weighted by Gasteiger charge is 2.46. The molecule has 0 bridgehead atoms. The average molecular weight is 341 g/mol. The molecule has 0 aromatic carbocycles. The molecule has 3 aliphatic rings. The number of nitrogens with zero attached hydrogens (tertiary/aromatic N) is 3. The first-order valence-electron chi connectivity index (χ1n) is 9.60. The minimum Gasteiger partial charge on any atom is -0.342 e. The van der Waals surface area contributed by atoms with E-state index in [9.17, 15) is 9.59 Å². The molecule has 2 saturated heterocycles. The number of aryl methyl sites for hydroxylation is 1. The molecule has 1 saturated carbocycles. The zero-order valence-electron chi connectivity index (χ0n) is 15.0. The van der Waals surface area contributed by atoms with Crippen molar-refractivity contribution in [3.8, 4) is 0 Å². The van der Waals surface area contributed by atoms with Gasteiger partial charge in [0.15, 0.2) is 0 Å². The Morgan fingerprint density at radius 2 is 2.04 bits per heavy atom. The summed E-state index contributed by atoms with van der Waals surface area (Å²) in [5.74, 6) is 1.15. The zero-order chi connectivity index (χ0) is 17.4. The van der Waals surface area contributed by atoms with Crippen LogP contribution in [-0.2, 0) is 11.2 Å². The molecule has 1 aliphatic carbocycles. The van der Waals surface area contributed by atoms with E-state index in [4.69, 9.17) is 0 Å². The lowest BCUT2D eigenvalue weighted by Gasteiger charge is -2.38. The standard InChI is InChI=1S/C20H27N3O2/c1-2-17-6-5-16(12-21-17)19(25)22-9-7-20(8-10-22)11-18(24)23(14-20)13-15-3-4-15/h5-6,12,15H,2-4,7-11,13-14H2,1H3. The van der Waals surface area contributed by atoms with E-state index in [0.717, 1.165) is 57.1 Å². The Morgan fingerprint density at radius 1 is 1.28 bits per heavy atom. The molecule has 0 radical (unpaired) electrons. The first-order chi connectivity index (χ1) is 12.1. The van der Waals surface area contributed by atoms with Crippen molar-refractivity contribution in [1.29, 1.82) is 0 Å². The van der Waals surface area contributed by atoms with Gasteiger partial charge in [-0.2, -0.15) is 0 Å². The molecule has 3 heterocycles. The molecule has 5 heteroatoms. The molecular formula is C20H27N3O2. The van der Waals surface area contributed by atoms with Crippen LogP contribution in [0.4, 0.5) is 0 Å². The van der Waals surface area contributed by atoms with Gasteiger partial charge in [0.25, 0.3) is 5.91 Å². The Bertz CT molecular complexity index is 658. The zero-order valence-corrected chi connectivity index (χ0v) is 15.0. The highest BCUT2D eigenvalue weighted by atomic mass is 16.2. The van der Waals surface area contributed by atoms with Crippen molar-refractivity contribution in [2.24, 2.45) is 11.3 Å². The summed E-state index contributed by atoms with van der Waals surface area (Å²) in [6.07, 6.45) is 7.69. The van der Waals surface area contributed by atoms with Crippen molar-refractivity contribution in [3.63, 3.8) is 0 Å². The molecule has 1 aromatic rings. The fourth-order valence-electron chi connectivity index (χ4n) is 4.22. The Hall–Kier alpha value is -1.91. The number of amides is 2. The highest BCUT2D eigenvalue weighted by molar-refractivity contribution is 5.94. The maximum absolute atomic E-state index is 12.7. The number of likely N-dealkylation sites (tertiary alicyclic amines) is 2. The Morgan fingerprint density at radius 3 is 2.64 bits per heavy atom. The van der Waals surface area contributed by atoms with E-state index in [0.29, 0.717) is 17.9 Å². The van der Waals surface area contributed by atoms with Crippen molar-refractivity contribution in [2.45, 2.75) is 45.4 Å². The number of hydrogen-bond acceptors (Lipinski definition) is 3. The van der Waals surface area contributed by atoms with Crippen molar-refractivity contribution < 1.29 is 9.59 Å². The molecule has 3 fully saturated rings. The van der Waals surface area contributed by atoms with Gasteiger partial charge in [0.2, 0.25) is 5.91 Å². The quantitative estimate of drug-likeness (QED) is 0.845. The van der Waals surface area contributed by atoms with Crippen LogP contribution >= 0.6 is 0 Å². The molecule has 5 nitrogen and oxygen atoms in total. The monoisotopic (exact) mass is 341 g/mol. The average Bonchev–Trinajstić information content (AvgIpc) is 3.40. The second kappa shape index (κ2) is 6.43. The molecule has 1 spiro atoms. The van der Waals surface area contributed by atoms with Crippen LogP contribution in [0.25, 0.3) is 0 Å². The molecule has 2 amide bonds. The molecule has 0 atom stereocenters. The second-order valence-corrected chi connectivity index (χ2v) is 8.08. The molecular weight excluding hydrogens is 314 g/mol. The maximum Gasteiger partial charge on any atom is 0.255 e. The fraction of sp³-hybridized carbons (Fsp3) is 0.650. The van der Waals surface area contributed by atoms with Crippen LogP contribution in [-0.4, -0.2) is 52.8 Å². The van der Waals surface area contributed by atoms with E-state index < -0.39 is 0 Å². The van der Waals surface area contributed by atoms with E-state index in [1.54, 1.807) is 6.20 Å². The number of carbonyl (C=O) groups is 2. The maximum atomic E-state index is 12.7. The Kier molecular flexibility index (Phi) is 4.26. The summed E-state index contributed by atoms with van der Waals surface area (Å²) >= 11 is 0. The van der Waals surface area contributed by atoms with E-state index >= 15 is 0 Å². The number of carbonyl (C=O) groups excluding carboxylic acids is 2. The minimum absolute atomic E-state index is 0.0733. The van der Waals surface area contributed by atoms with Gasteiger partial charge in [0.1, 0.15) is 0 Å². The molecule has 1 aromatic heterocycles. The van der Waals surface area contributed by atoms with Crippen LogP contribution in [0, 0.1) is 11.3 Å². The second-order valence-electron chi connectivity index (χ2n) is 8.08. The van der Waals surface area contributed by atoms with Crippen LogP contribution < -0.4 is 0 Å². The smallest absolute Gasteiger partial charge is 0.255 e. The van der Waals surface area contributed by atoms with Gasteiger partial charge in [-0.15, -0.1) is 0 Å². The van der Waals surface area contributed by atoms with Crippen LogP contribution in [0.3, 0.4) is 0 Å². The van der Waals surface area contributed by atoms with Gasteiger partial charge in [0, 0.05) is 49.9 Å². The summed E-state index contributed by atoms with van der Waals surface area (Å²) < 4.78 is 0. The first kappa shape index (κ1) is 16.6. The van der Waals surface area contributed by atoms with Crippen LogP contribution in [0.5, 0.6) is 0 Å². The summed E-state index contributed by atoms with van der Waals surface area (Å²) in [5, 5.41) is 0. The lowest BCUT2D eigenvalue weighted by atomic mass is 9.77. The summed E-state index contributed by atoms with van der Waals surface area (Å²) in [6, 6.07) is 3.82. The third-order valence-electron chi connectivity index (χ3n) is 6.13. The van der Waals surface area contributed by atoms with Gasteiger partial charge in [-0.05, 0) is 50.2 Å². The molecule has 0 unspecified atom stereocenters. The number of rotatable bonds is 4. The van der Waals surface area contributed by atoms with Gasteiger partial charge in [-0.3, -0.25) is 14.6 Å². The van der Waals surface area contributed by atoms with Crippen molar-refractivity contribution >= 4 is 11.8 Å². The van der Waals surface area contributed by atoms with E-state index in [1.165, 1.54) is 12.8 Å². The van der Waals surface area contributed by atoms with Crippen LogP contribution in [0.15, 0.2) is 18.3 Å². The van der Waals surface area contributed by atoms with Crippen molar-refractivity contribution in [3.05, 3.63) is 29.6 Å². The fourth-order valence-corrected chi connectivity index (χ4v) is 4.22. The Balaban J connectivity index is 1.36. The van der Waals surface area contributed by atoms with Gasteiger partial charge in [-0.25, -0.2) is 0 Å². The Labute approximate surface area is 149 Å². The predicted molar refractivity (Wildman–Crippen MR) is 95.1 cm³/mol. The van der Waals surface area contributed by atoms with Crippen LogP contribution in [0.2, 0.25) is 0 Å². The van der Waals surface area contributed by atoms with E-state index in [1.807, 2.05) is 17.0 Å². The number of aromatic nitrogens is 1. The van der Waals surface area contributed by atoms with E-state index in [-0.39, 0.29) is 11.3 Å². The minimum atomic E-state index is 0.0733. The normalized spacial score (nSPS) is 22.7. The first-order valence-corrected chi connectivity index (χ1v) is 9.60. The predicted octanol–water partition coefficient (Wildman–Crippen LogP) is 2.51. The molecule has 4 rings (SSSR count). The molecule has 25 heavy (non-hydrogen) atoms. The van der Waals surface area contributed by atoms with Gasteiger partial charge in [0.05, 0.1) is 5.56 Å². The lowest BCUT2D eigenvalue weighted by molar-refractivity contribution is -0.128. The number of pyridine rings is 1. The molecule has 134 valence electrons. The van der Waals surface area contributed by atoms with Crippen molar-refractivity contribution in [2.75, 3.05) is 26.2 Å². The largest absolute Gasteiger partial charge is 0.342 e. The lowest BCUT2D eigenvalue weighted by Crippen LogP contribution is -2.44. The van der Waals surface area contributed by atoms with E-state index in [2.05, 4.69) is 16.8 Å². The van der Waals surface area contributed by atoms with Gasteiger partial charge in [-0.1, -0.05) is 6.92 Å². The van der Waals surface area contributed by atoms with Gasteiger partial charge >= 0.3 is 0 Å². The highest BCUT2D eigenvalue weighted by Crippen LogP contribution is 2.42. The molecule has 2 aliphatic heterocycles. The summed E-state index contributed by atoms with van der Waals surface area (Å²) in [4.78, 5) is 33.4.